The van der Waals surface area contributed by atoms with Gasteiger partial charge >= 0.3 is 6.18 Å². The Morgan fingerprint density at radius 3 is 2.58 bits per heavy atom. The Balaban J connectivity index is 1.72. The number of hydrogen-bond donors (Lipinski definition) is 2. The number of benzene rings is 2. The number of halogens is 3. The van der Waals surface area contributed by atoms with Crippen LogP contribution in [0.1, 0.15) is 29.5 Å². The number of alkyl halides is 3. The average Bonchev–Trinajstić information content (AvgIpc) is 2.62. The highest BCUT2D eigenvalue weighted by Gasteiger charge is 2.40. The minimum Gasteiger partial charge on any atom is -0.493 e. The van der Waals surface area contributed by atoms with E-state index in [1.54, 1.807) is 18.2 Å². The van der Waals surface area contributed by atoms with Crippen LogP contribution in [-0.4, -0.2) is 25.3 Å². The monoisotopic (exact) mass is 363 g/mol. The van der Waals surface area contributed by atoms with Crippen molar-refractivity contribution in [3.05, 3.63) is 65.7 Å². The number of para-hydroxylation sites is 1. The van der Waals surface area contributed by atoms with E-state index in [-0.39, 0.29) is 17.6 Å². The topological polar surface area (TPSA) is 59.6 Å². The van der Waals surface area contributed by atoms with E-state index in [1.165, 1.54) is 12.1 Å². The maximum absolute atomic E-state index is 13.4. The molecule has 0 aliphatic carbocycles. The summed E-state index contributed by atoms with van der Waals surface area (Å²) >= 11 is 0. The predicted molar refractivity (Wildman–Crippen MR) is 94.2 cm³/mol. The first-order valence-corrected chi connectivity index (χ1v) is 8.35. The highest BCUT2D eigenvalue weighted by atomic mass is 19.4. The maximum Gasteiger partial charge on any atom is 0.397 e. The Morgan fingerprint density at radius 2 is 1.85 bits per heavy atom. The van der Waals surface area contributed by atoms with Crippen LogP contribution in [0.4, 0.5) is 13.2 Å². The van der Waals surface area contributed by atoms with Crippen molar-refractivity contribution in [3.8, 4) is 5.75 Å². The number of fused-ring (bicyclic) bond motifs is 1. The molecular formula is C19H20F3N3O. The molecule has 1 aliphatic rings. The van der Waals surface area contributed by atoms with E-state index in [4.69, 9.17) is 10.5 Å². The molecule has 2 unspecified atom stereocenters. The lowest BCUT2D eigenvalue weighted by Gasteiger charge is -2.27. The van der Waals surface area contributed by atoms with E-state index in [0.717, 1.165) is 11.3 Å². The summed E-state index contributed by atoms with van der Waals surface area (Å²) in [4.78, 5) is 3.96. The van der Waals surface area contributed by atoms with Crippen molar-refractivity contribution < 1.29 is 17.9 Å². The fourth-order valence-corrected chi connectivity index (χ4v) is 2.99. The molecule has 0 aromatic heterocycles. The molecule has 2 atom stereocenters. The number of nitrogens with two attached hydrogens (primary N) is 1. The van der Waals surface area contributed by atoms with E-state index in [1.807, 2.05) is 24.3 Å². The van der Waals surface area contributed by atoms with Gasteiger partial charge in [-0.3, -0.25) is 4.99 Å². The van der Waals surface area contributed by atoms with Crippen LogP contribution in [0.3, 0.4) is 0 Å². The smallest absolute Gasteiger partial charge is 0.397 e. The van der Waals surface area contributed by atoms with Crippen LogP contribution in [0.5, 0.6) is 5.75 Å². The summed E-state index contributed by atoms with van der Waals surface area (Å²) in [6.07, 6.45) is -3.73. The van der Waals surface area contributed by atoms with E-state index in [2.05, 4.69) is 10.3 Å². The molecule has 2 aromatic rings. The van der Waals surface area contributed by atoms with Gasteiger partial charge in [0.25, 0.3) is 0 Å². The molecular weight excluding hydrogens is 343 g/mol. The number of ether oxygens (including phenoxy) is 1. The first-order valence-electron chi connectivity index (χ1n) is 8.35. The summed E-state index contributed by atoms with van der Waals surface area (Å²) in [5.74, 6) is -0.940. The minimum absolute atomic E-state index is 0.00289. The van der Waals surface area contributed by atoms with Gasteiger partial charge in [0.1, 0.15) is 5.75 Å². The summed E-state index contributed by atoms with van der Waals surface area (Å²) in [5.41, 5.74) is 6.96. The molecule has 0 saturated heterocycles. The van der Waals surface area contributed by atoms with E-state index in [9.17, 15) is 13.2 Å². The van der Waals surface area contributed by atoms with Crippen LogP contribution in [0.2, 0.25) is 0 Å². The fourth-order valence-electron chi connectivity index (χ4n) is 2.99. The van der Waals surface area contributed by atoms with Gasteiger partial charge in [-0.05, 0) is 11.6 Å². The second-order valence-electron chi connectivity index (χ2n) is 6.10. The van der Waals surface area contributed by atoms with Crippen LogP contribution in [0.25, 0.3) is 0 Å². The third kappa shape index (κ3) is 4.28. The fraction of sp³-hybridized carbons (Fsp3) is 0.316. The van der Waals surface area contributed by atoms with Crippen molar-refractivity contribution in [2.75, 3.05) is 13.2 Å². The van der Waals surface area contributed by atoms with Gasteiger partial charge in [-0.1, -0.05) is 48.5 Å². The van der Waals surface area contributed by atoms with Crippen molar-refractivity contribution in [1.29, 1.82) is 0 Å². The number of nitrogens with zero attached hydrogens (tertiary/aromatic N) is 1. The van der Waals surface area contributed by atoms with Crippen LogP contribution in [-0.2, 0) is 0 Å². The van der Waals surface area contributed by atoms with Crippen LogP contribution >= 0.6 is 0 Å². The van der Waals surface area contributed by atoms with E-state index < -0.39 is 18.6 Å². The number of rotatable bonds is 4. The third-order valence-corrected chi connectivity index (χ3v) is 4.32. The van der Waals surface area contributed by atoms with Crippen molar-refractivity contribution in [2.24, 2.45) is 10.7 Å². The highest BCUT2D eigenvalue weighted by Crippen LogP contribution is 2.35. The molecule has 138 valence electrons. The van der Waals surface area contributed by atoms with Gasteiger partial charge in [-0.2, -0.15) is 13.2 Å². The standard InChI is InChI=1S/C19H20F3N3O/c20-19(21,22)15(13-6-2-1-3-7-13)12-24-18(23)25-16-10-11-26-17-9-5-4-8-14(16)17/h1-9,15-16H,10-12H2,(H3,23,24,25). The molecule has 0 bridgehead atoms. The molecule has 0 fully saturated rings. The molecule has 2 aromatic carbocycles. The van der Waals surface area contributed by atoms with Gasteiger partial charge in [-0.15, -0.1) is 0 Å². The van der Waals surface area contributed by atoms with Crippen molar-refractivity contribution in [2.45, 2.75) is 24.6 Å². The lowest BCUT2D eigenvalue weighted by Crippen LogP contribution is -2.38. The number of guanidine groups is 1. The second kappa shape index (κ2) is 7.68. The average molecular weight is 363 g/mol. The molecule has 0 spiro atoms. The first-order chi connectivity index (χ1) is 12.4. The maximum atomic E-state index is 13.4. The molecule has 7 heteroatoms. The Bertz CT molecular complexity index is 762. The van der Waals surface area contributed by atoms with Crippen LogP contribution in [0.15, 0.2) is 59.6 Å². The zero-order valence-electron chi connectivity index (χ0n) is 14.0. The summed E-state index contributed by atoms with van der Waals surface area (Å²) in [5, 5.41) is 3.01. The van der Waals surface area contributed by atoms with E-state index in [0.29, 0.717) is 13.0 Å². The molecule has 1 aliphatic heterocycles. The Kier molecular flexibility index (Phi) is 5.35. The largest absolute Gasteiger partial charge is 0.493 e. The van der Waals surface area contributed by atoms with Crippen LogP contribution in [0, 0.1) is 0 Å². The minimum atomic E-state index is -4.39. The molecule has 26 heavy (non-hydrogen) atoms. The molecule has 3 rings (SSSR count). The highest BCUT2D eigenvalue weighted by molar-refractivity contribution is 5.78. The van der Waals surface area contributed by atoms with Gasteiger partial charge in [0, 0.05) is 12.0 Å². The summed E-state index contributed by atoms with van der Waals surface area (Å²) in [6.45, 7) is 0.0500. The lowest BCUT2D eigenvalue weighted by atomic mass is 9.99. The zero-order valence-corrected chi connectivity index (χ0v) is 14.0. The number of aliphatic imine (C=N–C) groups is 1. The molecule has 4 nitrogen and oxygen atoms in total. The number of nitrogens with one attached hydrogen (secondary N) is 1. The molecule has 3 N–H and O–H groups in total. The molecule has 0 saturated carbocycles. The van der Waals surface area contributed by atoms with Gasteiger partial charge in [-0.25, -0.2) is 0 Å². The predicted octanol–water partition coefficient (Wildman–Crippen LogP) is 3.76. The summed E-state index contributed by atoms with van der Waals surface area (Å²) in [7, 11) is 0. The Morgan fingerprint density at radius 1 is 1.15 bits per heavy atom. The normalized spacial score (nSPS) is 18.6. The third-order valence-electron chi connectivity index (χ3n) is 4.32. The molecule has 0 amide bonds. The van der Waals surface area contributed by atoms with Crippen molar-refractivity contribution >= 4 is 5.96 Å². The number of hydrogen-bond acceptors (Lipinski definition) is 2. The van der Waals surface area contributed by atoms with Gasteiger partial charge in [0.05, 0.1) is 25.1 Å². The van der Waals surface area contributed by atoms with Crippen molar-refractivity contribution in [1.82, 2.24) is 5.32 Å². The second-order valence-corrected chi connectivity index (χ2v) is 6.10. The Labute approximate surface area is 149 Å². The summed E-state index contributed by atoms with van der Waals surface area (Å²) in [6, 6.07) is 15.1. The van der Waals surface area contributed by atoms with Crippen LogP contribution < -0.4 is 15.8 Å². The quantitative estimate of drug-likeness (QED) is 0.642. The van der Waals surface area contributed by atoms with Crippen molar-refractivity contribution in [3.63, 3.8) is 0 Å². The summed E-state index contributed by atoms with van der Waals surface area (Å²) < 4.78 is 45.7. The zero-order chi connectivity index (χ0) is 18.6. The van der Waals surface area contributed by atoms with Gasteiger partial charge in [0.2, 0.25) is 0 Å². The lowest BCUT2D eigenvalue weighted by molar-refractivity contribution is -0.148. The SMILES string of the molecule is NC(=NCC(c1ccccc1)C(F)(F)F)NC1CCOc2ccccc21. The first kappa shape index (κ1) is 18.1. The molecule has 0 radical (unpaired) electrons. The molecule has 1 heterocycles. The van der Waals surface area contributed by atoms with E-state index >= 15 is 0 Å². The van der Waals surface area contributed by atoms with Gasteiger partial charge < -0.3 is 15.8 Å². The Hall–Kier alpha value is -2.70. The van der Waals surface area contributed by atoms with Gasteiger partial charge in [0.15, 0.2) is 5.96 Å².